The largest absolute Gasteiger partial charge is 0.271 e. The summed E-state index contributed by atoms with van der Waals surface area (Å²) in [5.41, 5.74) is 3.12. The summed E-state index contributed by atoms with van der Waals surface area (Å²) in [6.07, 6.45) is 14.0. The molecule has 1 fully saturated rings. The number of aromatic nitrogens is 1. The topological polar surface area (TPSA) is 54.4 Å². The van der Waals surface area contributed by atoms with Gasteiger partial charge in [0.25, 0.3) is 5.91 Å². The van der Waals surface area contributed by atoms with E-state index in [2.05, 4.69) is 15.5 Å². The summed E-state index contributed by atoms with van der Waals surface area (Å²) < 4.78 is 0. The van der Waals surface area contributed by atoms with Crippen LogP contribution in [0.4, 0.5) is 0 Å². The first-order valence-corrected chi connectivity index (χ1v) is 7.08. The molecule has 0 aromatic carbocycles. The highest BCUT2D eigenvalue weighted by Gasteiger charge is 2.11. The maximum atomic E-state index is 11.7. The van der Waals surface area contributed by atoms with E-state index >= 15 is 0 Å². The molecule has 1 aliphatic carbocycles. The Morgan fingerprint density at radius 2 is 2.05 bits per heavy atom. The van der Waals surface area contributed by atoms with Crippen LogP contribution in [0.1, 0.15) is 55.3 Å². The summed E-state index contributed by atoms with van der Waals surface area (Å²) in [5, 5.41) is 3.99. The van der Waals surface area contributed by atoms with Gasteiger partial charge in [-0.05, 0) is 30.9 Å². The van der Waals surface area contributed by atoms with Gasteiger partial charge in [0.1, 0.15) is 0 Å². The molecule has 1 aliphatic rings. The molecular formula is C15H21N3O. The van der Waals surface area contributed by atoms with Gasteiger partial charge in [0.05, 0.1) is 0 Å². The third-order valence-electron chi connectivity index (χ3n) is 3.63. The van der Waals surface area contributed by atoms with Gasteiger partial charge in [-0.1, -0.05) is 32.1 Å². The van der Waals surface area contributed by atoms with Crippen LogP contribution < -0.4 is 5.43 Å². The van der Waals surface area contributed by atoms with Gasteiger partial charge in [-0.2, -0.15) is 5.10 Å². The molecule has 2 rings (SSSR count). The Balaban J connectivity index is 1.65. The maximum Gasteiger partial charge on any atom is 0.271 e. The molecule has 0 atom stereocenters. The molecule has 1 N–H and O–H groups in total. The van der Waals surface area contributed by atoms with E-state index in [1.54, 1.807) is 24.5 Å². The quantitative estimate of drug-likeness (QED) is 0.652. The van der Waals surface area contributed by atoms with Gasteiger partial charge in [0, 0.05) is 24.2 Å². The fraction of sp³-hybridized carbons (Fsp3) is 0.533. The Kier molecular flexibility index (Phi) is 5.53. The molecule has 1 amide bonds. The van der Waals surface area contributed by atoms with Crippen LogP contribution in [0.25, 0.3) is 0 Å². The SMILES string of the molecule is O=C(N/N=C/CCC1CCCCC1)c1ccncc1. The molecule has 4 nitrogen and oxygen atoms in total. The summed E-state index contributed by atoms with van der Waals surface area (Å²) in [4.78, 5) is 15.5. The molecule has 0 saturated heterocycles. The lowest BCUT2D eigenvalue weighted by molar-refractivity contribution is 0.0955. The second-order valence-electron chi connectivity index (χ2n) is 5.07. The van der Waals surface area contributed by atoms with Crippen molar-refractivity contribution < 1.29 is 4.79 Å². The standard InChI is InChI=1S/C15H21N3O/c19-15(14-8-11-16-12-9-14)18-17-10-4-7-13-5-2-1-3-6-13/h8-13H,1-7H2,(H,18,19)/b17-10+. The van der Waals surface area contributed by atoms with E-state index in [1.807, 2.05) is 6.21 Å². The fourth-order valence-electron chi connectivity index (χ4n) is 2.52. The number of rotatable bonds is 5. The predicted molar refractivity (Wildman–Crippen MR) is 76.0 cm³/mol. The van der Waals surface area contributed by atoms with Crippen LogP contribution in [0.15, 0.2) is 29.6 Å². The molecule has 1 heterocycles. The van der Waals surface area contributed by atoms with Crippen molar-refractivity contribution in [1.29, 1.82) is 0 Å². The van der Waals surface area contributed by atoms with E-state index in [1.165, 1.54) is 38.5 Å². The van der Waals surface area contributed by atoms with E-state index in [4.69, 9.17) is 0 Å². The number of hydrazone groups is 1. The lowest BCUT2D eigenvalue weighted by atomic mass is 9.86. The molecule has 19 heavy (non-hydrogen) atoms. The van der Waals surface area contributed by atoms with Crippen LogP contribution in [0.3, 0.4) is 0 Å². The molecule has 0 aliphatic heterocycles. The fourth-order valence-corrected chi connectivity index (χ4v) is 2.52. The van der Waals surface area contributed by atoms with Gasteiger partial charge in [-0.3, -0.25) is 9.78 Å². The summed E-state index contributed by atoms with van der Waals surface area (Å²) >= 11 is 0. The van der Waals surface area contributed by atoms with E-state index < -0.39 is 0 Å². The van der Waals surface area contributed by atoms with Crippen molar-refractivity contribution in [3.8, 4) is 0 Å². The Morgan fingerprint density at radius 3 is 2.79 bits per heavy atom. The molecular weight excluding hydrogens is 238 g/mol. The summed E-state index contributed by atoms with van der Waals surface area (Å²) in [6, 6.07) is 3.35. The monoisotopic (exact) mass is 259 g/mol. The van der Waals surface area contributed by atoms with Crippen molar-refractivity contribution in [2.45, 2.75) is 44.9 Å². The molecule has 102 valence electrons. The normalized spacial score (nSPS) is 16.6. The third-order valence-corrected chi connectivity index (χ3v) is 3.63. The average Bonchev–Trinajstić information content (AvgIpc) is 2.49. The van der Waals surface area contributed by atoms with Gasteiger partial charge < -0.3 is 0 Å². The van der Waals surface area contributed by atoms with Crippen LogP contribution in [0.5, 0.6) is 0 Å². The van der Waals surface area contributed by atoms with Crippen molar-refractivity contribution in [3.05, 3.63) is 30.1 Å². The minimum Gasteiger partial charge on any atom is -0.267 e. The van der Waals surface area contributed by atoms with Crippen LogP contribution in [-0.2, 0) is 0 Å². The van der Waals surface area contributed by atoms with E-state index in [0.29, 0.717) is 5.56 Å². The van der Waals surface area contributed by atoms with Crippen molar-refractivity contribution in [3.63, 3.8) is 0 Å². The van der Waals surface area contributed by atoms with Crippen molar-refractivity contribution in [2.24, 2.45) is 11.0 Å². The minimum atomic E-state index is -0.184. The molecule has 1 aromatic rings. The highest BCUT2D eigenvalue weighted by Crippen LogP contribution is 2.26. The molecule has 4 heteroatoms. The molecule has 1 aromatic heterocycles. The van der Waals surface area contributed by atoms with Crippen molar-refractivity contribution in [2.75, 3.05) is 0 Å². The first kappa shape index (κ1) is 13.7. The van der Waals surface area contributed by atoms with Gasteiger partial charge >= 0.3 is 0 Å². The smallest absolute Gasteiger partial charge is 0.267 e. The number of nitrogens with zero attached hydrogens (tertiary/aromatic N) is 2. The number of hydrogen-bond acceptors (Lipinski definition) is 3. The second kappa shape index (κ2) is 7.67. The van der Waals surface area contributed by atoms with Crippen molar-refractivity contribution >= 4 is 12.1 Å². The summed E-state index contributed by atoms with van der Waals surface area (Å²) in [7, 11) is 0. The van der Waals surface area contributed by atoms with Crippen LogP contribution in [0, 0.1) is 5.92 Å². The van der Waals surface area contributed by atoms with E-state index in [9.17, 15) is 4.79 Å². The third kappa shape index (κ3) is 4.81. The average molecular weight is 259 g/mol. The number of pyridine rings is 1. The zero-order valence-corrected chi connectivity index (χ0v) is 11.2. The van der Waals surface area contributed by atoms with Gasteiger partial charge in [-0.25, -0.2) is 5.43 Å². The van der Waals surface area contributed by atoms with E-state index in [0.717, 1.165) is 12.3 Å². The lowest BCUT2D eigenvalue weighted by Crippen LogP contribution is -2.17. The van der Waals surface area contributed by atoms with Gasteiger partial charge in [-0.15, -0.1) is 0 Å². The van der Waals surface area contributed by atoms with Gasteiger partial charge in [0.15, 0.2) is 0 Å². The number of carbonyl (C=O) groups is 1. The predicted octanol–water partition coefficient (Wildman–Crippen LogP) is 3.16. The molecule has 1 saturated carbocycles. The second-order valence-corrected chi connectivity index (χ2v) is 5.07. The number of hydrogen-bond donors (Lipinski definition) is 1. The minimum absolute atomic E-state index is 0.184. The van der Waals surface area contributed by atoms with Crippen LogP contribution in [-0.4, -0.2) is 17.1 Å². The number of nitrogens with one attached hydrogen (secondary N) is 1. The van der Waals surface area contributed by atoms with Gasteiger partial charge in [0.2, 0.25) is 0 Å². The summed E-state index contributed by atoms with van der Waals surface area (Å²) in [5.74, 6) is 0.674. The zero-order valence-electron chi connectivity index (χ0n) is 11.2. The first-order valence-electron chi connectivity index (χ1n) is 7.08. The highest BCUT2D eigenvalue weighted by atomic mass is 16.2. The lowest BCUT2D eigenvalue weighted by Gasteiger charge is -2.20. The van der Waals surface area contributed by atoms with E-state index in [-0.39, 0.29) is 5.91 Å². The summed E-state index contributed by atoms with van der Waals surface area (Å²) in [6.45, 7) is 0. The maximum absolute atomic E-state index is 11.7. The van der Waals surface area contributed by atoms with Crippen LogP contribution in [0.2, 0.25) is 0 Å². The Bertz CT molecular complexity index is 411. The molecule has 0 spiro atoms. The first-order chi connectivity index (χ1) is 9.36. The molecule has 0 radical (unpaired) electrons. The number of carbonyl (C=O) groups excluding carboxylic acids is 1. The Labute approximate surface area is 114 Å². The molecule has 0 unspecified atom stereocenters. The van der Waals surface area contributed by atoms with Crippen molar-refractivity contribution in [1.82, 2.24) is 10.4 Å². The molecule has 0 bridgehead atoms. The van der Waals surface area contributed by atoms with Crippen LogP contribution >= 0.6 is 0 Å². The highest BCUT2D eigenvalue weighted by molar-refractivity contribution is 5.94. The zero-order chi connectivity index (χ0) is 13.3. The Morgan fingerprint density at radius 1 is 1.32 bits per heavy atom. The Hall–Kier alpha value is -1.71. The number of amides is 1.